The second-order valence-electron chi connectivity index (χ2n) is 13.3. The molecule has 15 heteroatoms. The van der Waals surface area contributed by atoms with Crippen molar-refractivity contribution in [2.75, 3.05) is 50.2 Å². The van der Waals surface area contributed by atoms with Gasteiger partial charge < -0.3 is 34.2 Å². The molecule has 0 aliphatic carbocycles. The monoisotopic (exact) mass is 796 g/mol. The van der Waals surface area contributed by atoms with Crippen LogP contribution in [0.3, 0.4) is 0 Å². The van der Waals surface area contributed by atoms with Crippen LogP contribution in [0.25, 0.3) is 0 Å². The van der Waals surface area contributed by atoms with Crippen molar-refractivity contribution in [1.82, 2.24) is 19.9 Å². The summed E-state index contributed by atoms with van der Waals surface area (Å²) < 4.78 is 15.9. The molecule has 0 bridgehead atoms. The summed E-state index contributed by atoms with van der Waals surface area (Å²) in [5, 5.41) is 19.3. The van der Waals surface area contributed by atoms with E-state index in [1.165, 1.54) is 14.2 Å². The number of aliphatic hydroxyl groups excluding tert-OH is 1. The number of esters is 1. The molecule has 6 rings (SSSR count). The van der Waals surface area contributed by atoms with Crippen molar-refractivity contribution in [3.63, 3.8) is 0 Å². The highest BCUT2D eigenvalue weighted by molar-refractivity contribution is 6.30. The SMILES string of the molecule is CC(O)C1CCN(c2ncc(Cl)cn2)CC1.CO[C@H](C(=O)O)c1ccccc1.CO[C@H](C(=O)O[C@H](C)C1CCN(c2ncc(Cl)cn2)CC1)c1ccccc1. The maximum Gasteiger partial charge on any atom is 0.340 e. The molecule has 2 aromatic carbocycles. The van der Waals surface area contributed by atoms with Gasteiger partial charge in [0.25, 0.3) is 0 Å². The highest BCUT2D eigenvalue weighted by Crippen LogP contribution is 2.27. The standard InChI is InChI=1S/C20H24ClN3O3.C11H16ClN3O.C9H10O3/c1-14(27-19(25)18(26-2)16-6-4-3-5-7-16)15-8-10-24(11-9-15)20-22-12-17(21)13-23-20;1-8(16)9-2-4-15(5-3-9)11-13-6-10(12)7-14-11;1-12-8(9(10)11)7-5-3-2-4-6-7/h3-7,12-15,18H,8-11H2,1-2H3;6-9,16H,2-5H2,1H3;2-6,8H,1H3,(H,10,11)/t14-,18+;;8-/m1.0/s1. The third-order valence-electron chi connectivity index (χ3n) is 9.62. The Morgan fingerprint density at radius 2 is 1.05 bits per heavy atom. The minimum absolute atomic E-state index is 0.174. The Morgan fingerprint density at radius 3 is 1.42 bits per heavy atom. The Morgan fingerprint density at radius 1 is 0.673 bits per heavy atom. The Hall–Kier alpha value is -4.40. The lowest BCUT2D eigenvalue weighted by atomic mass is 9.92. The van der Waals surface area contributed by atoms with E-state index in [0.717, 1.165) is 63.4 Å². The van der Waals surface area contributed by atoms with Crippen LogP contribution in [0.4, 0.5) is 11.9 Å². The van der Waals surface area contributed by atoms with E-state index in [2.05, 4.69) is 29.7 Å². The molecule has 2 saturated heterocycles. The molecule has 4 heterocycles. The van der Waals surface area contributed by atoms with Gasteiger partial charge in [-0.25, -0.2) is 29.5 Å². The number of carboxylic acids is 1. The minimum atomic E-state index is -0.969. The summed E-state index contributed by atoms with van der Waals surface area (Å²) in [6.07, 6.45) is 8.29. The molecule has 2 aliphatic heterocycles. The number of benzene rings is 2. The first-order chi connectivity index (χ1) is 26.5. The van der Waals surface area contributed by atoms with Crippen LogP contribution in [0.2, 0.25) is 10.0 Å². The largest absolute Gasteiger partial charge is 0.479 e. The molecule has 2 N–H and O–H groups in total. The number of carboxylic acid groups (broad SMARTS) is 1. The Bertz CT molecular complexity index is 1710. The highest BCUT2D eigenvalue weighted by Gasteiger charge is 2.30. The second-order valence-corrected chi connectivity index (χ2v) is 14.2. The molecule has 13 nitrogen and oxygen atoms in total. The molecule has 0 amide bonds. The van der Waals surface area contributed by atoms with Crippen LogP contribution in [0.1, 0.15) is 62.9 Å². The molecule has 2 aromatic heterocycles. The van der Waals surface area contributed by atoms with E-state index in [0.29, 0.717) is 33.4 Å². The zero-order chi connectivity index (χ0) is 39.7. The van der Waals surface area contributed by atoms with E-state index in [4.69, 9.17) is 42.5 Å². The predicted octanol–water partition coefficient (Wildman–Crippen LogP) is 6.85. The molecular formula is C40H50Cl2N6O7. The molecule has 2 fully saturated rings. The van der Waals surface area contributed by atoms with E-state index >= 15 is 0 Å². The van der Waals surface area contributed by atoms with E-state index in [1.54, 1.807) is 49.1 Å². The van der Waals surface area contributed by atoms with Gasteiger partial charge in [0.2, 0.25) is 11.9 Å². The number of aromatic nitrogens is 4. The lowest BCUT2D eigenvalue weighted by Crippen LogP contribution is -2.39. The first kappa shape index (κ1) is 43.3. The summed E-state index contributed by atoms with van der Waals surface area (Å²) in [6.45, 7) is 7.25. The lowest BCUT2D eigenvalue weighted by Gasteiger charge is -2.34. The number of carbonyl (C=O) groups is 2. The number of carbonyl (C=O) groups excluding carboxylic acids is 1. The zero-order valence-corrected chi connectivity index (χ0v) is 33.1. The number of ether oxygens (including phenoxy) is 3. The Labute approximate surface area is 332 Å². The number of anilines is 2. The molecule has 1 unspecified atom stereocenters. The van der Waals surface area contributed by atoms with Crippen LogP contribution in [0.5, 0.6) is 0 Å². The van der Waals surface area contributed by atoms with Gasteiger partial charge in [-0.3, -0.25) is 0 Å². The van der Waals surface area contributed by atoms with Gasteiger partial charge in [0, 0.05) is 40.4 Å². The average Bonchev–Trinajstić information content (AvgIpc) is 3.20. The third kappa shape index (κ3) is 13.4. The molecule has 4 atom stereocenters. The van der Waals surface area contributed by atoms with Crippen LogP contribution >= 0.6 is 23.2 Å². The van der Waals surface area contributed by atoms with Crippen molar-refractivity contribution >= 4 is 47.0 Å². The molecule has 0 spiro atoms. The smallest absolute Gasteiger partial charge is 0.340 e. The third-order valence-corrected chi connectivity index (χ3v) is 10.0. The normalized spacial score (nSPS) is 17.0. The summed E-state index contributed by atoms with van der Waals surface area (Å²) in [4.78, 5) is 44.3. The van der Waals surface area contributed by atoms with Gasteiger partial charge in [0.1, 0.15) is 6.10 Å². The maximum absolute atomic E-state index is 12.6. The number of piperidine rings is 2. The number of hydrogen-bond acceptors (Lipinski definition) is 12. The van der Waals surface area contributed by atoms with Crippen LogP contribution < -0.4 is 9.80 Å². The fourth-order valence-electron chi connectivity index (χ4n) is 6.43. The van der Waals surface area contributed by atoms with Gasteiger partial charge in [-0.2, -0.15) is 0 Å². The zero-order valence-electron chi connectivity index (χ0n) is 31.6. The predicted molar refractivity (Wildman–Crippen MR) is 211 cm³/mol. The van der Waals surface area contributed by atoms with E-state index in [1.807, 2.05) is 50.2 Å². The maximum atomic E-state index is 12.6. The number of rotatable bonds is 11. The average molecular weight is 798 g/mol. The number of nitrogens with zero attached hydrogens (tertiary/aromatic N) is 6. The summed E-state index contributed by atoms with van der Waals surface area (Å²) in [6, 6.07) is 18.2. The highest BCUT2D eigenvalue weighted by atomic mass is 35.5. The van der Waals surface area contributed by atoms with Gasteiger partial charge in [-0.1, -0.05) is 83.9 Å². The number of hydrogen-bond donors (Lipinski definition) is 2. The molecule has 4 aromatic rings. The van der Waals surface area contributed by atoms with Gasteiger partial charge in [0.05, 0.1) is 40.9 Å². The fourth-order valence-corrected chi connectivity index (χ4v) is 6.63. The number of methoxy groups -OCH3 is 2. The topological polar surface area (TPSA) is 160 Å². The summed E-state index contributed by atoms with van der Waals surface area (Å²) in [7, 11) is 2.90. The second kappa shape index (κ2) is 22.2. The summed E-state index contributed by atoms with van der Waals surface area (Å²) in [5.74, 6) is 0.803. The van der Waals surface area contributed by atoms with Gasteiger partial charge in [-0.05, 0) is 62.5 Å². The quantitative estimate of drug-likeness (QED) is 0.152. The molecular weight excluding hydrogens is 747 g/mol. The van der Waals surface area contributed by atoms with E-state index in [9.17, 15) is 14.7 Å². The van der Waals surface area contributed by atoms with Gasteiger partial charge in [-0.15, -0.1) is 0 Å². The van der Waals surface area contributed by atoms with E-state index < -0.39 is 18.2 Å². The van der Waals surface area contributed by atoms with Crippen molar-refractivity contribution in [2.24, 2.45) is 11.8 Å². The van der Waals surface area contributed by atoms with Crippen LogP contribution in [0, 0.1) is 11.8 Å². The van der Waals surface area contributed by atoms with Crippen LogP contribution in [0.15, 0.2) is 85.5 Å². The number of halogens is 2. The Kier molecular flexibility index (Phi) is 17.5. The van der Waals surface area contributed by atoms with Crippen LogP contribution in [-0.4, -0.2) is 94.7 Å². The lowest BCUT2D eigenvalue weighted by molar-refractivity contribution is -0.163. The summed E-state index contributed by atoms with van der Waals surface area (Å²) in [5.41, 5.74) is 1.46. The van der Waals surface area contributed by atoms with Crippen molar-refractivity contribution in [3.05, 3.63) is 107 Å². The Balaban J connectivity index is 0.000000203. The first-order valence-corrected chi connectivity index (χ1v) is 19.0. The van der Waals surface area contributed by atoms with E-state index in [-0.39, 0.29) is 18.2 Å². The molecule has 0 radical (unpaired) electrons. The first-order valence-electron chi connectivity index (χ1n) is 18.2. The number of aliphatic carboxylic acids is 1. The van der Waals surface area contributed by atoms with Crippen molar-refractivity contribution < 1.29 is 34.0 Å². The van der Waals surface area contributed by atoms with Crippen LogP contribution in [-0.2, 0) is 23.8 Å². The van der Waals surface area contributed by atoms with Crippen molar-refractivity contribution in [3.8, 4) is 0 Å². The molecule has 0 saturated carbocycles. The number of aliphatic hydroxyl groups is 1. The van der Waals surface area contributed by atoms with Crippen molar-refractivity contribution in [1.29, 1.82) is 0 Å². The molecule has 296 valence electrons. The minimum Gasteiger partial charge on any atom is -0.479 e. The van der Waals surface area contributed by atoms with Crippen molar-refractivity contribution in [2.45, 2.75) is 63.9 Å². The van der Waals surface area contributed by atoms with Gasteiger partial charge in [0.15, 0.2) is 12.2 Å². The fraction of sp³-hybridized carbons (Fsp3) is 0.450. The summed E-state index contributed by atoms with van der Waals surface area (Å²) >= 11 is 11.6. The molecule has 2 aliphatic rings. The van der Waals surface area contributed by atoms with Gasteiger partial charge >= 0.3 is 11.9 Å². The molecule has 55 heavy (non-hydrogen) atoms.